The van der Waals surface area contributed by atoms with Crippen molar-refractivity contribution in [1.82, 2.24) is 4.90 Å². The molecule has 0 fully saturated rings. The van der Waals surface area contributed by atoms with E-state index in [0.717, 1.165) is 36.2 Å². The monoisotopic (exact) mass is 404 g/mol. The molecule has 0 radical (unpaired) electrons. The molecule has 1 N–H and O–H groups in total. The lowest BCUT2D eigenvalue weighted by molar-refractivity contribution is 0.195. The minimum absolute atomic E-state index is 0.0256. The summed E-state index contributed by atoms with van der Waals surface area (Å²) < 4.78 is 0. The van der Waals surface area contributed by atoms with Crippen LogP contribution in [0.5, 0.6) is 0 Å². The Morgan fingerprint density at radius 3 is 2.62 bits per heavy atom. The lowest BCUT2D eigenvalue weighted by Gasteiger charge is -2.36. The van der Waals surface area contributed by atoms with E-state index in [0.29, 0.717) is 0 Å². The normalized spacial score (nSPS) is 15.9. The Kier molecular flexibility index (Phi) is 5.46. The van der Waals surface area contributed by atoms with Gasteiger partial charge in [0.25, 0.3) is 0 Å². The van der Waals surface area contributed by atoms with Crippen molar-refractivity contribution < 1.29 is 4.79 Å². The Morgan fingerprint density at radius 2 is 1.90 bits per heavy atom. The van der Waals surface area contributed by atoms with Gasteiger partial charge in [-0.25, -0.2) is 4.79 Å². The van der Waals surface area contributed by atoms with Gasteiger partial charge in [-0.05, 0) is 67.5 Å². The molecule has 0 bridgehead atoms. The summed E-state index contributed by atoms with van der Waals surface area (Å²) in [5, 5.41) is 3.18. The first kappa shape index (κ1) is 19.7. The van der Waals surface area contributed by atoms with Crippen molar-refractivity contribution in [3.63, 3.8) is 0 Å². The maximum absolute atomic E-state index is 13.4. The number of nitrogens with one attached hydrogen (secondary N) is 1. The number of aryl methyl sites for hydroxylation is 3. The Labute approximate surface area is 177 Å². The number of carbonyl (C=O) groups excluding carboxylic acids is 1. The van der Waals surface area contributed by atoms with Gasteiger partial charge in [0.05, 0.1) is 6.04 Å². The lowest BCUT2D eigenvalue weighted by atomic mass is 9.92. The van der Waals surface area contributed by atoms with Crippen LogP contribution in [-0.4, -0.2) is 17.5 Å². The Bertz CT molecular complexity index is 1040. The molecule has 1 aliphatic rings. The number of hydrogen-bond donors (Lipinski definition) is 1. The average molecular weight is 405 g/mol. The third-order valence-corrected chi connectivity index (χ3v) is 7.12. The molecule has 1 aliphatic heterocycles. The fraction of sp³-hybridized carbons (Fsp3) is 0.320. The van der Waals surface area contributed by atoms with Crippen LogP contribution >= 0.6 is 11.3 Å². The van der Waals surface area contributed by atoms with Crippen molar-refractivity contribution in [2.24, 2.45) is 0 Å². The second-order valence-corrected chi connectivity index (χ2v) is 9.09. The Hall–Kier alpha value is -2.59. The maximum atomic E-state index is 13.4. The van der Waals surface area contributed by atoms with E-state index in [-0.39, 0.29) is 12.1 Å². The number of amides is 2. The molecule has 29 heavy (non-hydrogen) atoms. The third-order valence-electron chi connectivity index (χ3n) is 5.88. The summed E-state index contributed by atoms with van der Waals surface area (Å²) in [5.74, 6) is 0. The first-order chi connectivity index (χ1) is 14.0. The molecule has 1 atom stereocenters. The van der Waals surface area contributed by atoms with Crippen molar-refractivity contribution >= 4 is 23.1 Å². The predicted molar refractivity (Wildman–Crippen MR) is 122 cm³/mol. The summed E-state index contributed by atoms with van der Waals surface area (Å²) in [5.41, 5.74) is 7.23. The zero-order valence-corrected chi connectivity index (χ0v) is 18.4. The van der Waals surface area contributed by atoms with Gasteiger partial charge in [-0.3, -0.25) is 0 Å². The highest BCUT2D eigenvalue weighted by atomic mass is 32.1. The molecule has 0 aliphatic carbocycles. The molecule has 2 amide bonds. The van der Waals surface area contributed by atoms with Crippen LogP contribution in [0.1, 0.15) is 50.5 Å². The minimum atomic E-state index is -0.0333. The summed E-state index contributed by atoms with van der Waals surface area (Å²) in [7, 11) is 0. The lowest BCUT2D eigenvalue weighted by Crippen LogP contribution is -2.42. The number of carbonyl (C=O) groups is 1. The Morgan fingerprint density at radius 1 is 1.14 bits per heavy atom. The van der Waals surface area contributed by atoms with Crippen molar-refractivity contribution in [1.29, 1.82) is 0 Å². The van der Waals surface area contributed by atoms with Crippen LogP contribution in [0.25, 0.3) is 0 Å². The molecule has 3 nitrogen and oxygen atoms in total. The molecule has 150 valence electrons. The summed E-state index contributed by atoms with van der Waals surface area (Å²) in [6.07, 6.45) is 1.97. The van der Waals surface area contributed by atoms with E-state index in [1.54, 1.807) is 0 Å². The van der Waals surface area contributed by atoms with Crippen LogP contribution in [-0.2, 0) is 12.8 Å². The zero-order chi connectivity index (χ0) is 20.5. The van der Waals surface area contributed by atoms with Gasteiger partial charge < -0.3 is 10.2 Å². The van der Waals surface area contributed by atoms with Crippen molar-refractivity contribution in [2.45, 2.75) is 46.6 Å². The second-order valence-electron chi connectivity index (χ2n) is 7.84. The summed E-state index contributed by atoms with van der Waals surface area (Å²) in [6.45, 7) is 9.26. The molecule has 0 saturated heterocycles. The number of fused-ring (bicyclic) bond motifs is 1. The van der Waals surface area contributed by atoms with Gasteiger partial charge in [0, 0.05) is 22.0 Å². The number of hydrogen-bond acceptors (Lipinski definition) is 2. The standard InChI is InChI=1S/C25H28N2OS/c1-5-20-18(4)29-24-21(20)13-14-27(23(24)19-9-7-6-8-10-19)25(28)26-22-15-16(2)11-12-17(22)3/h6-12,15,23H,5,13-14H2,1-4H3,(H,26,28)/t23-/m0/s1. The number of nitrogens with zero attached hydrogens (tertiary/aromatic N) is 1. The number of urea groups is 1. The number of anilines is 1. The van der Waals surface area contributed by atoms with E-state index in [4.69, 9.17) is 0 Å². The summed E-state index contributed by atoms with van der Waals surface area (Å²) in [6, 6.07) is 16.6. The highest BCUT2D eigenvalue weighted by Gasteiger charge is 2.35. The maximum Gasteiger partial charge on any atom is 0.322 e. The van der Waals surface area contributed by atoms with Crippen LogP contribution in [0.2, 0.25) is 0 Å². The first-order valence-corrected chi connectivity index (χ1v) is 11.1. The van der Waals surface area contributed by atoms with Gasteiger partial charge in [0.15, 0.2) is 0 Å². The van der Waals surface area contributed by atoms with Gasteiger partial charge >= 0.3 is 6.03 Å². The molecule has 0 saturated carbocycles. The Balaban J connectivity index is 1.73. The van der Waals surface area contributed by atoms with Crippen LogP contribution in [0.4, 0.5) is 10.5 Å². The van der Waals surface area contributed by atoms with Crippen LogP contribution in [0, 0.1) is 20.8 Å². The first-order valence-electron chi connectivity index (χ1n) is 10.3. The summed E-state index contributed by atoms with van der Waals surface area (Å²) in [4.78, 5) is 18.1. The quantitative estimate of drug-likeness (QED) is 0.537. The second kappa shape index (κ2) is 8.03. The van der Waals surface area contributed by atoms with Crippen LogP contribution in [0.15, 0.2) is 48.5 Å². The van der Waals surface area contributed by atoms with E-state index >= 15 is 0 Å². The molecule has 0 spiro atoms. The van der Waals surface area contributed by atoms with Crippen molar-refractivity contribution in [3.05, 3.63) is 86.1 Å². The number of benzene rings is 2. The average Bonchev–Trinajstić information content (AvgIpc) is 3.05. The van der Waals surface area contributed by atoms with E-state index in [2.05, 4.69) is 62.5 Å². The van der Waals surface area contributed by atoms with Crippen molar-refractivity contribution in [3.8, 4) is 0 Å². The van der Waals surface area contributed by atoms with E-state index in [9.17, 15) is 4.79 Å². The minimum Gasteiger partial charge on any atom is -0.312 e. The van der Waals surface area contributed by atoms with Crippen LogP contribution in [0.3, 0.4) is 0 Å². The van der Waals surface area contributed by atoms with Gasteiger partial charge in [-0.1, -0.05) is 49.4 Å². The van der Waals surface area contributed by atoms with Gasteiger partial charge in [0.2, 0.25) is 0 Å². The SMILES string of the molecule is CCc1c(C)sc2c1CCN(C(=O)Nc1cc(C)ccc1C)[C@H]2c1ccccc1. The molecule has 4 heteroatoms. The fourth-order valence-corrected chi connectivity index (χ4v) is 5.80. The highest BCUT2D eigenvalue weighted by Crippen LogP contribution is 2.43. The highest BCUT2D eigenvalue weighted by molar-refractivity contribution is 7.12. The van der Waals surface area contributed by atoms with Crippen molar-refractivity contribution in [2.75, 3.05) is 11.9 Å². The van der Waals surface area contributed by atoms with E-state index in [1.807, 2.05) is 35.3 Å². The van der Waals surface area contributed by atoms with Gasteiger partial charge in [-0.15, -0.1) is 11.3 Å². The zero-order valence-electron chi connectivity index (χ0n) is 17.6. The molecular formula is C25H28N2OS. The van der Waals surface area contributed by atoms with E-state index < -0.39 is 0 Å². The largest absolute Gasteiger partial charge is 0.322 e. The van der Waals surface area contributed by atoms with Crippen LogP contribution < -0.4 is 5.32 Å². The van der Waals surface area contributed by atoms with E-state index in [1.165, 1.54) is 26.4 Å². The molecule has 3 aromatic rings. The molecule has 2 heterocycles. The van der Waals surface area contributed by atoms with Gasteiger partial charge in [0.1, 0.15) is 0 Å². The molecular weight excluding hydrogens is 376 g/mol. The fourth-order valence-electron chi connectivity index (χ4n) is 4.35. The smallest absolute Gasteiger partial charge is 0.312 e. The van der Waals surface area contributed by atoms with Gasteiger partial charge in [-0.2, -0.15) is 0 Å². The number of rotatable bonds is 3. The predicted octanol–water partition coefficient (Wildman–Crippen LogP) is 6.42. The summed E-state index contributed by atoms with van der Waals surface area (Å²) >= 11 is 1.86. The molecule has 2 aromatic carbocycles. The molecule has 0 unspecified atom stereocenters. The molecule has 4 rings (SSSR count). The third kappa shape index (κ3) is 3.69. The topological polar surface area (TPSA) is 32.3 Å². The molecule has 1 aromatic heterocycles. The number of thiophene rings is 1.